The van der Waals surface area contributed by atoms with Gasteiger partial charge in [-0.2, -0.15) is 0 Å². The fourth-order valence-electron chi connectivity index (χ4n) is 1.78. The molecule has 1 aromatic rings. The first-order chi connectivity index (χ1) is 9.74. The zero-order chi connectivity index (χ0) is 16.2. The summed E-state index contributed by atoms with van der Waals surface area (Å²) in [5.41, 5.74) is -2.68. The van der Waals surface area contributed by atoms with E-state index in [0.29, 0.717) is 18.9 Å². The molecule has 0 atom stereocenters. The van der Waals surface area contributed by atoms with Crippen molar-refractivity contribution in [2.24, 2.45) is 0 Å². The molecule has 0 spiro atoms. The standard InChI is InChI=1S/C13H17FN2O5/c1-3-13(19,4-2)7-15-10-5-8(12(17)18)11(16(20)21)6-9(10)14/h5-6,15,19H,3-4,7H2,1-2H3,(H,17,18). The molecule has 7 nitrogen and oxygen atoms in total. The lowest BCUT2D eigenvalue weighted by Crippen LogP contribution is -2.35. The van der Waals surface area contributed by atoms with Gasteiger partial charge < -0.3 is 15.5 Å². The van der Waals surface area contributed by atoms with Crippen LogP contribution in [0.1, 0.15) is 37.0 Å². The van der Waals surface area contributed by atoms with Crippen molar-refractivity contribution in [3.63, 3.8) is 0 Å². The molecular formula is C13H17FN2O5. The van der Waals surface area contributed by atoms with Crippen LogP contribution in [0.15, 0.2) is 12.1 Å². The third-order valence-corrected chi connectivity index (χ3v) is 3.44. The summed E-state index contributed by atoms with van der Waals surface area (Å²) >= 11 is 0. The zero-order valence-corrected chi connectivity index (χ0v) is 11.7. The molecule has 0 saturated carbocycles. The Balaban J connectivity index is 3.12. The molecule has 0 heterocycles. The van der Waals surface area contributed by atoms with Crippen LogP contribution in [0.4, 0.5) is 15.8 Å². The molecule has 8 heteroatoms. The van der Waals surface area contributed by atoms with E-state index in [1.165, 1.54) is 0 Å². The Labute approximate surface area is 120 Å². The molecule has 0 radical (unpaired) electrons. The highest BCUT2D eigenvalue weighted by atomic mass is 19.1. The molecule has 116 valence electrons. The number of aromatic carboxylic acids is 1. The van der Waals surface area contributed by atoms with Crippen LogP contribution in [0.3, 0.4) is 0 Å². The minimum absolute atomic E-state index is 0.00773. The summed E-state index contributed by atoms with van der Waals surface area (Å²) in [6, 6.07) is 1.42. The van der Waals surface area contributed by atoms with E-state index in [2.05, 4.69) is 5.32 Å². The van der Waals surface area contributed by atoms with Crippen molar-refractivity contribution in [1.29, 1.82) is 0 Å². The van der Waals surface area contributed by atoms with Crippen LogP contribution in [-0.4, -0.2) is 33.3 Å². The van der Waals surface area contributed by atoms with E-state index in [-0.39, 0.29) is 12.2 Å². The van der Waals surface area contributed by atoms with Crippen LogP contribution >= 0.6 is 0 Å². The van der Waals surface area contributed by atoms with E-state index in [4.69, 9.17) is 5.11 Å². The van der Waals surface area contributed by atoms with Crippen molar-refractivity contribution in [2.45, 2.75) is 32.3 Å². The van der Waals surface area contributed by atoms with E-state index < -0.39 is 33.6 Å². The van der Waals surface area contributed by atoms with Gasteiger partial charge in [0, 0.05) is 6.54 Å². The predicted molar refractivity (Wildman–Crippen MR) is 74.0 cm³/mol. The average Bonchev–Trinajstić information content (AvgIpc) is 2.44. The number of carboxylic acid groups (broad SMARTS) is 1. The number of rotatable bonds is 7. The second-order valence-electron chi connectivity index (χ2n) is 4.70. The maximum absolute atomic E-state index is 13.8. The van der Waals surface area contributed by atoms with Gasteiger partial charge in [0.25, 0.3) is 5.69 Å². The zero-order valence-electron chi connectivity index (χ0n) is 11.7. The second kappa shape index (κ2) is 6.49. The average molecular weight is 300 g/mol. The van der Waals surface area contributed by atoms with Crippen molar-refractivity contribution in [3.8, 4) is 0 Å². The van der Waals surface area contributed by atoms with Crippen LogP contribution < -0.4 is 5.32 Å². The van der Waals surface area contributed by atoms with E-state index in [1.54, 1.807) is 13.8 Å². The number of hydrogen-bond donors (Lipinski definition) is 3. The van der Waals surface area contributed by atoms with Gasteiger partial charge in [-0.1, -0.05) is 13.8 Å². The number of carbonyl (C=O) groups is 1. The van der Waals surface area contributed by atoms with Gasteiger partial charge in [-0.05, 0) is 18.9 Å². The quantitative estimate of drug-likeness (QED) is 0.526. The lowest BCUT2D eigenvalue weighted by atomic mass is 9.97. The molecule has 0 aliphatic carbocycles. The van der Waals surface area contributed by atoms with E-state index in [0.717, 1.165) is 6.07 Å². The Morgan fingerprint density at radius 3 is 2.43 bits per heavy atom. The molecule has 0 aliphatic heterocycles. The van der Waals surface area contributed by atoms with Crippen LogP contribution in [0.25, 0.3) is 0 Å². The lowest BCUT2D eigenvalue weighted by molar-refractivity contribution is -0.385. The third-order valence-electron chi connectivity index (χ3n) is 3.44. The first-order valence-electron chi connectivity index (χ1n) is 6.41. The van der Waals surface area contributed by atoms with E-state index in [1.807, 2.05) is 0 Å². The van der Waals surface area contributed by atoms with Gasteiger partial charge in [0.05, 0.1) is 22.3 Å². The summed E-state index contributed by atoms with van der Waals surface area (Å²) < 4.78 is 13.8. The number of anilines is 1. The monoisotopic (exact) mass is 300 g/mol. The van der Waals surface area contributed by atoms with Crippen molar-refractivity contribution in [3.05, 3.63) is 33.6 Å². The summed E-state index contributed by atoms with van der Waals surface area (Å²) in [7, 11) is 0. The SMILES string of the molecule is CCC(O)(CC)CNc1cc(C(=O)O)c([N+](=O)[O-])cc1F. The van der Waals surface area contributed by atoms with E-state index >= 15 is 0 Å². The molecule has 0 bridgehead atoms. The molecular weight excluding hydrogens is 283 g/mol. The van der Waals surface area contributed by atoms with Gasteiger partial charge in [0.1, 0.15) is 5.56 Å². The number of aliphatic hydroxyl groups is 1. The van der Waals surface area contributed by atoms with E-state index in [9.17, 15) is 24.4 Å². The van der Waals surface area contributed by atoms with Crippen LogP contribution in [0.5, 0.6) is 0 Å². The minimum Gasteiger partial charge on any atom is -0.477 e. The summed E-state index contributed by atoms with van der Waals surface area (Å²) in [4.78, 5) is 20.8. The summed E-state index contributed by atoms with van der Waals surface area (Å²) in [5, 5.41) is 32.4. The highest BCUT2D eigenvalue weighted by Crippen LogP contribution is 2.27. The molecule has 3 N–H and O–H groups in total. The predicted octanol–water partition coefficient (Wildman–Crippen LogP) is 2.40. The van der Waals surface area contributed by atoms with Gasteiger partial charge in [0.15, 0.2) is 5.82 Å². The largest absolute Gasteiger partial charge is 0.477 e. The third kappa shape index (κ3) is 3.88. The van der Waals surface area contributed by atoms with Gasteiger partial charge >= 0.3 is 5.97 Å². The number of benzene rings is 1. The van der Waals surface area contributed by atoms with Crippen molar-refractivity contribution < 1.29 is 24.3 Å². The van der Waals surface area contributed by atoms with Crippen molar-refractivity contribution >= 4 is 17.3 Å². The smallest absolute Gasteiger partial charge is 0.342 e. The van der Waals surface area contributed by atoms with Crippen LogP contribution in [0, 0.1) is 15.9 Å². The minimum atomic E-state index is -1.52. The molecule has 21 heavy (non-hydrogen) atoms. The molecule has 0 saturated heterocycles. The van der Waals surface area contributed by atoms with Gasteiger partial charge in [-0.15, -0.1) is 0 Å². The molecule has 0 unspecified atom stereocenters. The Bertz CT molecular complexity index is 558. The maximum Gasteiger partial charge on any atom is 0.342 e. The molecule has 1 rings (SSSR count). The Morgan fingerprint density at radius 1 is 1.43 bits per heavy atom. The summed E-state index contributed by atoms with van der Waals surface area (Å²) in [5.74, 6) is -2.47. The number of halogens is 1. The van der Waals surface area contributed by atoms with Gasteiger partial charge in [-0.25, -0.2) is 9.18 Å². The van der Waals surface area contributed by atoms with Crippen molar-refractivity contribution in [2.75, 3.05) is 11.9 Å². The Kier molecular flexibility index (Phi) is 5.20. The molecule has 0 fully saturated rings. The van der Waals surface area contributed by atoms with Gasteiger partial charge in [-0.3, -0.25) is 10.1 Å². The van der Waals surface area contributed by atoms with Crippen LogP contribution in [0.2, 0.25) is 0 Å². The number of nitrogens with one attached hydrogen (secondary N) is 1. The van der Waals surface area contributed by atoms with Crippen LogP contribution in [-0.2, 0) is 0 Å². The summed E-state index contributed by atoms with van der Waals surface area (Å²) in [6.07, 6.45) is 0.855. The number of hydrogen-bond acceptors (Lipinski definition) is 5. The number of carboxylic acids is 1. The van der Waals surface area contributed by atoms with Gasteiger partial charge in [0.2, 0.25) is 0 Å². The number of nitrogens with zero attached hydrogens (tertiary/aromatic N) is 1. The second-order valence-corrected chi connectivity index (χ2v) is 4.70. The highest BCUT2D eigenvalue weighted by molar-refractivity contribution is 5.93. The molecule has 0 aromatic heterocycles. The Morgan fingerprint density at radius 2 is 2.00 bits per heavy atom. The molecule has 0 aliphatic rings. The first kappa shape index (κ1) is 16.8. The lowest BCUT2D eigenvalue weighted by Gasteiger charge is -2.26. The maximum atomic E-state index is 13.8. The summed E-state index contributed by atoms with van der Waals surface area (Å²) in [6.45, 7) is 3.54. The fraction of sp³-hybridized carbons (Fsp3) is 0.462. The van der Waals surface area contributed by atoms with Crippen molar-refractivity contribution in [1.82, 2.24) is 0 Å². The first-order valence-corrected chi connectivity index (χ1v) is 6.41. The normalized spacial score (nSPS) is 11.2. The topological polar surface area (TPSA) is 113 Å². The highest BCUT2D eigenvalue weighted by Gasteiger charge is 2.26. The fourth-order valence-corrected chi connectivity index (χ4v) is 1.78. The molecule has 0 amide bonds. The Hall–Kier alpha value is -2.22. The molecule has 1 aromatic carbocycles. The number of nitro benzene ring substituents is 1. The number of nitro groups is 1.